The summed E-state index contributed by atoms with van der Waals surface area (Å²) >= 11 is 0. The van der Waals surface area contributed by atoms with Crippen LogP contribution in [0.5, 0.6) is 0 Å². The molecule has 0 saturated carbocycles. The van der Waals surface area contributed by atoms with Crippen molar-refractivity contribution >= 4 is 0 Å². The van der Waals surface area contributed by atoms with Crippen LogP contribution in [0.1, 0.15) is 12.8 Å². The molecule has 0 atom stereocenters. The van der Waals surface area contributed by atoms with Gasteiger partial charge < -0.3 is 0 Å². The van der Waals surface area contributed by atoms with Crippen molar-refractivity contribution in [3.8, 4) is 0 Å². The summed E-state index contributed by atoms with van der Waals surface area (Å²) in [5.74, 6) is 0. The van der Waals surface area contributed by atoms with Crippen molar-refractivity contribution in [3.05, 3.63) is 55.0 Å². The van der Waals surface area contributed by atoms with Crippen LogP contribution < -0.4 is 0 Å². The molecule has 0 N–H and O–H groups in total. The number of hydrogen-bond donors (Lipinski definition) is 0. The molecule has 0 heterocycles. The molecule has 0 nitrogen and oxygen atoms in total. The van der Waals surface area contributed by atoms with E-state index >= 15 is 0 Å². The molecule has 2 rings (SSSR count). The van der Waals surface area contributed by atoms with Gasteiger partial charge in [-0.05, 0) is 12.8 Å². The van der Waals surface area contributed by atoms with Gasteiger partial charge in [-0.25, -0.2) is 0 Å². The topological polar surface area (TPSA) is 0 Å². The minimum Gasteiger partial charge on any atom is -0.0842 e. The third-order valence-corrected chi connectivity index (χ3v) is 1.44. The van der Waals surface area contributed by atoms with Gasteiger partial charge in [0, 0.05) is 25.9 Å². The van der Waals surface area contributed by atoms with Crippen molar-refractivity contribution in [2.45, 2.75) is 12.8 Å². The fourth-order valence-corrected chi connectivity index (χ4v) is 0.863. The van der Waals surface area contributed by atoms with Gasteiger partial charge >= 0.3 is 0 Å². The van der Waals surface area contributed by atoms with E-state index in [-0.39, 0.29) is 19.5 Å². The quantitative estimate of drug-likeness (QED) is 0.577. The molecule has 0 aromatic heterocycles. The Balaban J connectivity index is 0.000000189. The Morgan fingerprint density at radius 3 is 1.25 bits per heavy atom. The maximum atomic E-state index is 2.18. The van der Waals surface area contributed by atoms with E-state index in [2.05, 4.69) is 24.3 Å². The van der Waals surface area contributed by atoms with Gasteiger partial charge in [-0.15, -0.1) is 0 Å². The molecule has 0 aliphatic heterocycles. The minimum atomic E-state index is 0. The van der Waals surface area contributed by atoms with Gasteiger partial charge in [0.15, 0.2) is 0 Å². The summed E-state index contributed by atoms with van der Waals surface area (Å²) in [4.78, 5) is 0. The first-order valence-electron chi connectivity index (χ1n) is 3.98. The Labute approximate surface area is 87.5 Å². The van der Waals surface area contributed by atoms with Gasteiger partial charge in [-0.1, -0.05) is 48.6 Å². The Bertz CT molecular complexity index is 175. The number of rotatable bonds is 0. The van der Waals surface area contributed by atoms with Crippen molar-refractivity contribution < 1.29 is 19.5 Å². The van der Waals surface area contributed by atoms with E-state index in [0.29, 0.717) is 0 Å². The molecule has 0 bridgehead atoms. The molecular formula is C11H13Rh. The van der Waals surface area contributed by atoms with Crippen LogP contribution in [0.15, 0.2) is 48.6 Å². The normalized spacial score (nSPS) is 16.7. The van der Waals surface area contributed by atoms with Crippen LogP contribution in [0.4, 0.5) is 0 Å². The van der Waals surface area contributed by atoms with Gasteiger partial charge in [0.05, 0.1) is 0 Å². The van der Waals surface area contributed by atoms with Gasteiger partial charge in [0.25, 0.3) is 0 Å². The summed E-state index contributed by atoms with van der Waals surface area (Å²) < 4.78 is 0. The first-order chi connectivity index (χ1) is 5.50. The zero-order valence-electron chi connectivity index (χ0n) is 6.94. The number of allylic oxidation sites excluding steroid dienone is 8. The van der Waals surface area contributed by atoms with Crippen LogP contribution in [0.2, 0.25) is 0 Å². The van der Waals surface area contributed by atoms with E-state index in [9.17, 15) is 0 Å². The Hall–Kier alpha value is -0.417. The van der Waals surface area contributed by atoms with Gasteiger partial charge in [-0.3, -0.25) is 0 Å². The molecule has 0 fully saturated rings. The van der Waals surface area contributed by atoms with E-state index in [1.165, 1.54) is 12.8 Å². The second kappa shape index (κ2) is 8.68. The average molecular weight is 248 g/mol. The molecule has 0 spiro atoms. The summed E-state index contributed by atoms with van der Waals surface area (Å²) in [7, 11) is 0. The zero-order chi connectivity index (χ0) is 7.78. The van der Waals surface area contributed by atoms with E-state index in [1.54, 1.807) is 0 Å². The zero-order valence-corrected chi connectivity index (χ0v) is 8.58. The Kier molecular flexibility index (Phi) is 8.38. The first-order valence-corrected chi connectivity index (χ1v) is 3.98. The second-order valence-corrected chi connectivity index (χ2v) is 2.40. The molecule has 0 unspecified atom stereocenters. The van der Waals surface area contributed by atoms with Crippen LogP contribution in [0, 0.1) is 6.42 Å². The van der Waals surface area contributed by atoms with Crippen LogP contribution in [-0.2, 0) is 19.5 Å². The summed E-state index contributed by atoms with van der Waals surface area (Å²) in [6.07, 6.45) is 21.0. The molecule has 0 aromatic rings. The molecule has 66 valence electrons. The molecule has 2 aliphatic carbocycles. The molecule has 2 aliphatic rings. The predicted molar refractivity (Wildman–Crippen MR) is 50.1 cm³/mol. The van der Waals surface area contributed by atoms with E-state index in [4.69, 9.17) is 0 Å². The van der Waals surface area contributed by atoms with Crippen molar-refractivity contribution in [3.63, 3.8) is 0 Å². The third-order valence-electron chi connectivity index (χ3n) is 1.44. The van der Waals surface area contributed by atoms with Crippen LogP contribution in [-0.4, -0.2) is 0 Å². The van der Waals surface area contributed by atoms with Gasteiger partial charge in [0.2, 0.25) is 0 Å². The first kappa shape index (κ1) is 11.6. The fourth-order valence-electron chi connectivity index (χ4n) is 0.863. The van der Waals surface area contributed by atoms with Crippen LogP contribution in [0.3, 0.4) is 0 Å². The van der Waals surface area contributed by atoms with Crippen molar-refractivity contribution in [2.24, 2.45) is 0 Å². The fraction of sp³-hybridized carbons (Fsp3) is 0.182. The van der Waals surface area contributed by atoms with E-state index in [1.807, 2.05) is 30.7 Å². The van der Waals surface area contributed by atoms with E-state index < -0.39 is 0 Å². The van der Waals surface area contributed by atoms with Crippen LogP contribution in [0.25, 0.3) is 0 Å². The summed E-state index contributed by atoms with van der Waals surface area (Å²) in [6.45, 7) is 0. The van der Waals surface area contributed by atoms with Crippen molar-refractivity contribution in [1.29, 1.82) is 0 Å². The summed E-state index contributed by atoms with van der Waals surface area (Å²) in [5.41, 5.74) is 0. The third kappa shape index (κ3) is 6.30. The molecule has 0 amide bonds. The van der Waals surface area contributed by atoms with Gasteiger partial charge in [0.1, 0.15) is 0 Å². The summed E-state index contributed by atoms with van der Waals surface area (Å²) in [6, 6.07) is 0. The maximum Gasteiger partial charge on any atom is 0.00506 e. The minimum absolute atomic E-state index is 0. The number of hydrogen-bond acceptors (Lipinski definition) is 0. The SMILES string of the molecule is C1=CCCC=C1.[CH]1C=CC=C1.[Rh]. The van der Waals surface area contributed by atoms with Crippen LogP contribution >= 0.6 is 0 Å². The van der Waals surface area contributed by atoms with Crippen molar-refractivity contribution in [2.75, 3.05) is 0 Å². The average Bonchev–Trinajstić information content (AvgIpc) is 2.64. The second-order valence-electron chi connectivity index (χ2n) is 2.40. The Morgan fingerprint density at radius 1 is 0.583 bits per heavy atom. The van der Waals surface area contributed by atoms with Crippen molar-refractivity contribution in [1.82, 2.24) is 0 Å². The Morgan fingerprint density at radius 2 is 1.08 bits per heavy atom. The molecule has 0 saturated heterocycles. The molecule has 0 aromatic carbocycles. The molecule has 12 heavy (non-hydrogen) atoms. The monoisotopic (exact) mass is 248 g/mol. The standard InChI is InChI=1S/C6H8.C5H5.Rh/c1-2-4-6-5-3-1;1-2-4-5-3-1;/h1-4H,5-6H2;1-5H;. The largest absolute Gasteiger partial charge is 0.0842 e. The van der Waals surface area contributed by atoms with E-state index in [0.717, 1.165) is 0 Å². The molecular weight excluding hydrogens is 235 g/mol. The predicted octanol–water partition coefficient (Wildman–Crippen LogP) is 3.21. The molecule has 1 heteroatoms. The molecule has 2 radical (unpaired) electrons. The smallest absolute Gasteiger partial charge is 0.00506 e. The maximum absolute atomic E-state index is 2.18. The summed E-state index contributed by atoms with van der Waals surface area (Å²) in [5, 5.41) is 0. The van der Waals surface area contributed by atoms with Gasteiger partial charge in [-0.2, -0.15) is 0 Å².